The Labute approximate surface area is 339 Å². The van der Waals surface area contributed by atoms with E-state index in [-0.39, 0.29) is 43.5 Å². The normalized spacial score (nSPS) is 18.5. The van der Waals surface area contributed by atoms with Crippen molar-refractivity contribution in [3.05, 3.63) is 12.2 Å². The van der Waals surface area contributed by atoms with Gasteiger partial charge in [-0.3, -0.25) is 18.9 Å². The number of aliphatic hydroxyl groups is 2. The molecule has 56 heavy (non-hydrogen) atoms. The number of aliphatic hydroxyl groups excluding tert-OH is 2. The number of rotatable bonds is 38. The third-order valence-electron chi connectivity index (χ3n) is 10.9. The van der Waals surface area contributed by atoms with Gasteiger partial charge in [0.1, 0.15) is 12.4 Å². The maximum absolute atomic E-state index is 12.5. The van der Waals surface area contributed by atoms with Gasteiger partial charge in [0.05, 0.1) is 18.8 Å². The molecule has 0 saturated heterocycles. The number of carbonyl (C=O) groups is 3. The Morgan fingerprint density at radius 2 is 1.16 bits per heavy atom. The van der Waals surface area contributed by atoms with Crippen LogP contribution in [0.25, 0.3) is 0 Å². The van der Waals surface area contributed by atoms with Gasteiger partial charge in [-0.25, -0.2) is 4.57 Å². The Bertz CT molecular complexity index is 1080. The van der Waals surface area contributed by atoms with Crippen LogP contribution in [0.2, 0.25) is 0 Å². The summed E-state index contributed by atoms with van der Waals surface area (Å²) < 4.78 is 26.4. The highest BCUT2D eigenvalue weighted by atomic mass is 31.2. The number of hydrogen-bond acceptors (Lipinski definition) is 9. The molecule has 1 fully saturated rings. The van der Waals surface area contributed by atoms with Gasteiger partial charge in [0.2, 0.25) is 0 Å². The highest BCUT2D eigenvalue weighted by Crippen LogP contribution is 2.36. The van der Waals surface area contributed by atoms with Crippen molar-refractivity contribution in [1.29, 1.82) is 0 Å². The molecule has 1 saturated carbocycles. The molecule has 0 aromatic carbocycles. The molecule has 0 radical (unpaired) electrons. The van der Waals surface area contributed by atoms with Crippen molar-refractivity contribution in [2.24, 2.45) is 11.8 Å². The third kappa shape index (κ3) is 29.6. The van der Waals surface area contributed by atoms with Crippen molar-refractivity contribution < 1.29 is 52.9 Å². The van der Waals surface area contributed by atoms with Crippen molar-refractivity contribution in [2.75, 3.05) is 13.2 Å². The lowest BCUT2D eigenvalue weighted by molar-refractivity contribution is -0.161. The third-order valence-corrected chi connectivity index (χ3v) is 11.4. The Morgan fingerprint density at radius 3 is 1.68 bits per heavy atom. The second-order valence-electron chi connectivity index (χ2n) is 16.2. The second-order valence-corrected chi connectivity index (χ2v) is 17.4. The van der Waals surface area contributed by atoms with Gasteiger partial charge in [-0.2, -0.15) is 0 Å². The number of phosphoric ester groups is 1. The fraction of sp³-hybridized carbons (Fsp3) is 0.886. The lowest BCUT2D eigenvalue weighted by Gasteiger charge is -2.19. The molecule has 0 amide bonds. The fourth-order valence-electron chi connectivity index (χ4n) is 7.51. The summed E-state index contributed by atoms with van der Waals surface area (Å²) in [6.45, 7) is 3.41. The van der Waals surface area contributed by atoms with Gasteiger partial charge in [-0.15, -0.1) is 0 Å². The van der Waals surface area contributed by atoms with Gasteiger partial charge < -0.3 is 29.5 Å². The van der Waals surface area contributed by atoms with Crippen LogP contribution in [0.3, 0.4) is 0 Å². The standard InChI is InChI=1S/C44H81O11P/c1-3-5-7-8-9-10-11-12-13-14-15-16-17-18-19-20-21-27-31-44(49)55-38(36-54-56(50,51)52)35-53-43(48)30-26-23-22-25-29-39-40(42(47)34-41(39)46)33-32-37(45)28-24-6-4-2/h32-33,37-41,45-46H,3-31,34-36H2,1-2H3,(H2,50,51,52)/b33-32+/t37-,38+,39+,40+,41-/m0/s1. The van der Waals surface area contributed by atoms with Crippen LogP contribution < -0.4 is 0 Å². The molecular weight excluding hydrogens is 735 g/mol. The quantitative estimate of drug-likeness (QED) is 0.0202. The summed E-state index contributed by atoms with van der Waals surface area (Å²) in [4.78, 5) is 55.6. The van der Waals surface area contributed by atoms with Crippen LogP contribution in [0.4, 0.5) is 0 Å². The van der Waals surface area contributed by atoms with Gasteiger partial charge in [0.15, 0.2) is 6.10 Å². The molecule has 4 N–H and O–H groups in total. The molecule has 11 nitrogen and oxygen atoms in total. The number of esters is 2. The number of Topliss-reactive ketones (excluding diaryl/α,β-unsaturated/α-hetero) is 1. The molecule has 0 aliphatic heterocycles. The Hall–Kier alpha value is -1.62. The maximum atomic E-state index is 12.5. The molecule has 0 aromatic heterocycles. The highest BCUT2D eigenvalue weighted by molar-refractivity contribution is 7.46. The van der Waals surface area contributed by atoms with E-state index in [1.54, 1.807) is 12.2 Å². The van der Waals surface area contributed by atoms with Gasteiger partial charge in [-0.05, 0) is 31.6 Å². The zero-order valence-electron chi connectivity index (χ0n) is 35.3. The average molecular weight is 817 g/mol. The Kier molecular flexibility index (Phi) is 32.1. The summed E-state index contributed by atoms with van der Waals surface area (Å²) >= 11 is 0. The van der Waals surface area contributed by atoms with Gasteiger partial charge in [0.25, 0.3) is 0 Å². The summed E-state index contributed by atoms with van der Waals surface area (Å²) in [5.74, 6) is -1.60. The molecule has 0 bridgehead atoms. The fourth-order valence-corrected chi connectivity index (χ4v) is 7.87. The van der Waals surface area contributed by atoms with Crippen LogP contribution >= 0.6 is 7.82 Å². The first kappa shape index (κ1) is 52.4. The van der Waals surface area contributed by atoms with Crippen molar-refractivity contribution in [3.8, 4) is 0 Å². The van der Waals surface area contributed by atoms with E-state index in [2.05, 4.69) is 18.4 Å². The number of carbonyl (C=O) groups excluding carboxylic acids is 3. The number of unbranched alkanes of at least 4 members (excludes halogenated alkanes) is 22. The van der Waals surface area contributed by atoms with Crippen LogP contribution in [0.15, 0.2) is 12.2 Å². The van der Waals surface area contributed by atoms with E-state index >= 15 is 0 Å². The largest absolute Gasteiger partial charge is 0.469 e. The summed E-state index contributed by atoms with van der Waals surface area (Å²) in [5.41, 5.74) is 0. The van der Waals surface area contributed by atoms with Crippen molar-refractivity contribution in [3.63, 3.8) is 0 Å². The molecule has 328 valence electrons. The Morgan fingerprint density at radius 1 is 0.696 bits per heavy atom. The minimum atomic E-state index is -4.81. The van der Waals surface area contributed by atoms with Crippen LogP contribution in [0, 0.1) is 11.8 Å². The first-order valence-corrected chi connectivity index (χ1v) is 24.1. The zero-order valence-corrected chi connectivity index (χ0v) is 36.2. The molecular formula is C44H81O11P. The summed E-state index contributed by atoms with van der Waals surface area (Å²) in [6.07, 6.45) is 31.2. The zero-order chi connectivity index (χ0) is 41.3. The van der Waals surface area contributed by atoms with Crippen LogP contribution in [-0.2, 0) is 32.9 Å². The molecule has 0 heterocycles. The molecule has 1 aliphatic rings. The number of ether oxygens (including phenoxy) is 2. The summed E-state index contributed by atoms with van der Waals surface area (Å²) in [6, 6.07) is 0. The number of hydrogen-bond donors (Lipinski definition) is 4. The van der Waals surface area contributed by atoms with E-state index in [4.69, 9.17) is 19.3 Å². The topological polar surface area (TPSA) is 177 Å². The first-order valence-electron chi connectivity index (χ1n) is 22.6. The van der Waals surface area contributed by atoms with Gasteiger partial charge in [-0.1, -0.05) is 174 Å². The molecule has 0 aromatic rings. The number of phosphoric acid groups is 1. The van der Waals surface area contributed by atoms with Crippen LogP contribution in [0.1, 0.15) is 206 Å². The Balaban J connectivity index is 2.20. The summed E-state index contributed by atoms with van der Waals surface area (Å²) in [5, 5.41) is 20.7. The van der Waals surface area contributed by atoms with Crippen molar-refractivity contribution in [1.82, 2.24) is 0 Å². The van der Waals surface area contributed by atoms with Gasteiger partial charge >= 0.3 is 19.8 Å². The van der Waals surface area contributed by atoms with Crippen molar-refractivity contribution >= 4 is 25.5 Å². The molecule has 1 rings (SSSR count). The molecule has 1 aliphatic carbocycles. The summed E-state index contributed by atoms with van der Waals surface area (Å²) in [7, 11) is -4.81. The predicted octanol–water partition coefficient (Wildman–Crippen LogP) is 10.4. The number of allylic oxidation sites excluding steroid dienone is 1. The van der Waals surface area contributed by atoms with E-state index in [9.17, 15) is 29.2 Å². The molecule has 5 atom stereocenters. The minimum absolute atomic E-state index is 0.00279. The minimum Gasteiger partial charge on any atom is -0.462 e. The number of ketones is 1. The second kappa shape index (κ2) is 34.3. The van der Waals surface area contributed by atoms with E-state index in [1.807, 2.05) is 0 Å². The van der Waals surface area contributed by atoms with Gasteiger partial charge in [0, 0.05) is 25.2 Å². The monoisotopic (exact) mass is 817 g/mol. The first-order chi connectivity index (χ1) is 27.0. The predicted molar refractivity (Wildman–Crippen MR) is 222 cm³/mol. The SMILES string of the molecule is CCCCCCCCCCCCCCCCCCCCC(=O)O[C@H](COC(=O)CCCCCC[C@H]1[C@@H](O)CC(=O)[C@@H]1/C=C/[C@@H](O)CCCCC)COP(=O)(O)O. The lowest BCUT2D eigenvalue weighted by atomic mass is 9.88. The van der Waals surface area contributed by atoms with E-state index in [0.717, 1.165) is 57.8 Å². The maximum Gasteiger partial charge on any atom is 0.469 e. The van der Waals surface area contributed by atoms with E-state index in [0.29, 0.717) is 25.7 Å². The van der Waals surface area contributed by atoms with Crippen LogP contribution in [0.5, 0.6) is 0 Å². The average Bonchev–Trinajstić information content (AvgIpc) is 3.42. The molecule has 0 spiro atoms. The molecule has 12 heteroatoms. The van der Waals surface area contributed by atoms with E-state index < -0.39 is 44.7 Å². The smallest absolute Gasteiger partial charge is 0.462 e. The molecule has 0 unspecified atom stereocenters. The highest BCUT2D eigenvalue weighted by Gasteiger charge is 2.39. The van der Waals surface area contributed by atoms with Crippen molar-refractivity contribution in [2.45, 2.75) is 225 Å². The lowest BCUT2D eigenvalue weighted by Crippen LogP contribution is -2.29. The van der Waals surface area contributed by atoms with E-state index in [1.165, 1.54) is 89.9 Å². The van der Waals surface area contributed by atoms with Crippen LogP contribution in [-0.4, -0.2) is 69.2 Å².